The summed E-state index contributed by atoms with van der Waals surface area (Å²) in [4.78, 5) is 15.2. The molecule has 2 rings (SSSR count). The number of aromatic nitrogens is 3. The summed E-state index contributed by atoms with van der Waals surface area (Å²) in [5.41, 5.74) is -0.127. The van der Waals surface area contributed by atoms with E-state index in [-0.39, 0.29) is 11.3 Å². The highest BCUT2D eigenvalue weighted by molar-refractivity contribution is 5.70. The minimum absolute atomic E-state index is 0.221. The summed E-state index contributed by atoms with van der Waals surface area (Å²) in [6.45, 7) is 1.61. The van der Waals surface area contributed by atoms with E-state index in [2.05, 4.69) is 10.1 Å². The van der Waals surface area contributed by atoms with Crippen LogP contribution in [0.3, 0.4) is 0 Å². The van der Waals surface area contributed by atoms with Crippen LogP contribution in [0, 0.1) is 6.92 Å². The zero-order valence-corrected chi connectivity index (χ0v) is 6.31. The highest BCUT2D eigenvalue weighted by Crippen LogP contribution is 2.03. The van der Waals surface area contributed by atoms with E-state index in [1.54, 1.807) is 6.92 Å². The van der Waals surface area contributed by atoms with Crippen LogP contribution in [0.1, 0.15) is 5.82 Å². The first-order valence-electron chi connectivity index (χ1n) is 3.29. The van der Waals surface area contributed by atoms with Gasteiger partial charge in [-0.25, -0.2) is 4.68 Å². The largest absolute Gasteiger partial charge is 0.336 e. The van der Waals surface area contributed by atoms with Crippen LogP contribution in [0.15, 0.2) is 15.5 Å². The van der Waals surface area contributed by atoms with Crippen molar-refractivity contribution in [3.63, 3.8) is 0 Å². The van der Waals surface area contributed by atoms with Gasteiger partial charge in [0.15, 0.2) is 0 Å². The normalized spacial score (nSPS) is 10.8. The maximum atomic E-state index is 11.3. The zero-order chi connectivity index (χ0) is 8.72. The van der Waals surface area contributed by atoms with Crippen LogP contribution in [-0.2, 0) is 0 Å². The molecule has 0 amide bonds. The van der Waals surface area contributed by atoms with Gasteiger partial charge in [0.2, 0.25) is 0 Å². The van der Waals surface area contributed by atoms with Gasteiger partial charge in [0.25, 0.3) is 11.3 Å². The molecule has 0 saturated heterocycles. The van der Waals surface area contributed by atoms with Gasteiger partial charge >= 0.3 is 0 Å². The Morgan fingerprint density at radius 1 is 1.67 bits per heavy atom. The number of nitrogens with zero attached hydrogens (tertiary/aromatic N) is 3. The van der Waals surface area contributed by atoms with Gasteiger partial charge in [0, 0.05) is 0 Å². The molecule has 2 aromatic rings. The summed E-state index contributed by atoms with van der Waals surface area (Å²) >= 11 is 0. The number of fused-ring (bicyclic) bond motifs is 1. The predicted molar refractivity (Wildman–Crippen MR) is 41.0 cm³/mol. The molecular formula is C6H6N4O2. The van der Waals surface area contributed by atoms with Gasteiger partial charge in [-0.05, 0) is 6.92 Å². The number of rotatable bonds is 0. The van der Waals surface area contributed by atoms with Gasteiger partial charge in [-0.2, -0.15) is 4.98 Å². The Balaban J connectivity index is 3.05. The Hall–Kier alpha value is -1.85. The molecule has 62 valence electrons. The summed E-state index contributed by atoms with van der Waals surface area (Å²) in [6, 6.07) is 0. The monoisotopic (exact) mass is 166 g/mol. The minimum Gasteiger partial charge on any atom is -0.336 e. The van der Waals surface area contributed by atoms with E-state index in [1.807, 2.05) is 0 Å². The fourth-order valence-electron chi connectivity index (χ4n) is 0.938. The molecule has 0 aliphatic rings. The molecule has 6 heteroatoms. The fourth-order valence-corrected chi connectivity index (χ4v) is 0.938. The van der Waals surface area contributed by atoms with Crippen LogP contribution in [0.2, 0.25) is 0 Å². The standard InChI is InChI=1S/C6H6N4O2/c1-3-9-5-4(2-8-12-5)6(11)10(3)7/h2H,7H2,1H3. The SMILES string of the molecule is Cc1nc2oncc2c(=O)n1N. The van der Waals surface area contributed by atoms with Crippen LogP contribution < -0.4 is 11.4 Å². The van der Waals surface area contributed by atoms with Gasteiger partial charge in [-0.1, -0.05) is 5.16 Å². The lowest BCUT2D eigenvalue weighted by Gasteiger charge is -1.98. The Bertz CT molecular complexity index is 484. The first-order valence-corrected chi connectivity index (χ1v) is 3.29. The van der Waals surface area contributed by atoms with E-state index < -0.39 is 0 Å². The van der Waals surface area contributed by atoms with Crippen molar-refractivity contribution >= 4 is 11.1 Å². The summed E-state index contributed by atoms with van der Waals surface area (Å²) in [7, 11) is 0. The van der Waals surface area contributed by atoms with Gasteiger partial charge in [0.05, 0.1) is 6.20 Å². The topological polar surface area (TPSA) is 86.9 Å². The van der Waals surface area contributed by atoms with Gasteiger partial charge in [-0.15, -0.1) is 0 Å². The van der Waals surface area contributed by atoms with Crippen molar-refractivity contribution in [1.82, 2.24) is 14.8 Å². The number of hydrogen-bond acceptors (Lipinski definition) is 5. The van der Waals surface area contributed by atoms with Crippen LogP contribution in [0.5, 0.6) is 0 Å². The second-order valence-electron chi connectivity index (χ2n) is 2.38. The molecule has 0 aromatic carbocycles. The van der Waals surface area contributed by atoms with Crippen molar-refractivity contribution in [1.29, 1.82) is 0 Å². The van der Waals surface area contributed by atoms with E-state index in [0.717, 1.165) is 4.68 Å². The predicted octanol–water partition coefficient (Wildman–Crippen LogP) is -0.593. The maximum absolute atomic E-state index is 11.3. The molecule has 6 nitrogen and oxygen atoms in total. The highest BCUT2D eigenvalue weighted by atomic mass is 16.5. The number of nitrogen functional groups attached to an aromatic ring is 1. The van der Waals surface area contributed by atoms with Crippen molar-refractivity contribution < 1.29 is 4.52 Å². The Morgan fingerprint density at radius 3 is 3.17 bits per heavy atom. The second kappa shape index (κ2) is 2.07. The van der Waals surface area contributed by atoms with Gasteiger partial charge in [0.1, 0.15) is 11.2 Å². The first kappa shape index (κ1) is 6.84. The molecule has 0 aliphatic heterocycles. The molecule has 2 heterocycles. The maximum Gasteiger partial charge on any atom is 0.284 e. The number of aryl methyl sites for hydroxylation is 1. The summed E-state index contributed by atoms with van der Waals surface area (Å²) < 4.78 is 5.66. The molecule has 0 atom stereocenters. The molecule has 2 N–H and O–H groups in total. The van der Waals surface area contributed by atoms with Crippen molar-refractivity contribution in [2.24, 2.45) is 0 Å². The van der Waals surface area contributed by atoms with Crippen molar-refractivity contribution in [2.45, 2.75) is 6.92 Å². The average Bonchev–Trinajstić information content (AvgIpc) is 2.48. The second-order valence-corrected chi connectivity index (χ2v) is 2.38. The van der Waals surface area contributed by atoms with Crippen LogP contribution in [0.25, 0.3) is 11.1 Å². The zero-order valence-electron chi connectivity index (χ0n) is 6.31. The lowest BCUT2D eigenvalue weighted by atomic mass is 10.4. The third-order valence-electron chi connectivity index (χ3n) is 1.61. The fraction of sp³-hybridized carbons (Fsp3) is 0.167. The van der Waals surface area contributed by atoms with E-state index in [0.29, 0.717) is 11.2 Å². The molecule has 12 heavy (non-hydrogen) atoms. The Morgan fingerprint density at radius 2 is 2.42 bits per heavy atom. The van der Waals surface area contributed by atoms with Gasteiger partial charge in [-0.3, -0.25) is 4.79 Å². The molecule has 0 spiro atoms. The molecular weight excluding hydrogens is 160 g/mol. The molecule has 0 unspecified atom stereocenters. The average molecular weight is 166 g/mol. The quantitative estimate of drug-likeness (QED) is 0.528. The lowest BCUT2D eigenvalue weighted by molar-refractivity contribution is 0.447. The molecule has 0 saturated carbocycles. The van der Waals surface area contributed by atoms with E-state index in [4.69, 9.17) is 10.4 Å². The Labute approximate surface area is 66.6 Å². The summed E-state index contributed by atoms with van der Waals surface area (Å²) in [5, 5.41) is 3.73. The smallest absolute Gasteiger partial charge is 0.284 e. The van der Waals surface area contributed by atoms with E-state index in [9.17, 15) is 4.79 Å². The third kappa shape index (κ3) is 0.714. The Kier molecular flexibility index (Phi) is 1.18. The molecule has 0 aliphatic carbocycles. The number of nitrogens with two attached hydrogens (primary N) is 1. The first-order chi connectivity index (χ1) is 5.70. The third-order valence-corrected chi connectivity index (χ3v) is 1.61. The molecule has 0 fully saturated rings. The molecule has 2 aromatic heterocycles. The van der Waals surface area contributed by atoms with Crippen molar-refractivity contribution in [3.8, 4) is 0 Å². The molecule has 0 radical (unpaired) electrons. The van der Waals surface area contributed by atoms with Gasteiger partial charge < -0.3 is 10.4 Å². The lowest BCUT2D eigenvalue weighted by Crippen LogP contribution is -2.29. The highest BCUT2D eigenvalue weighted by Gasteiger charge is 2.08. The van der Waals surface area contributed by atoms with Crippen molar-refractivity contribution in [3.05, 3.63) is 22.4 Å². The minimum atomic E-state index is -0.348. The van der Waals surface area contributed by atoms with Crippen LogP contribution >= 0.6 is 0 Å². The van der Waals surface area contributed by atoms with E-state index >= 15 is 0 Å². The summed E-state index contributed by atoms with van der Waals surface area (Å²) in [5.74, 6) is 5.77. The van der Waals surface area contributed by atoms with Crippen molar-refractivity contribution in [2.75, 3.05) is 5.84 Å². The summed E-state index contributed by atoms with van der Waals surface area (Å²) in [6.07, 6.45) is 1.30. The van der Waals surface area contributed by atoms with Crippen LogP contribution in [0.4, 0.5) is 0 Å². The van der Waals surface area contributed by atoms with Crippen LogP contribution in [-0.4, -0.2) is 14.8 Å². The van der Waals surface area contributed by atoms with E-state index in [1.165, 1.54) is 6.20 Å². The number of hydrogen-bond donors (Lipinski definition) is 1. The molecule has 0 bridgehead atoms.